The summed E-state index contributed by atoms with van der Waals surface area (Å²) in [4.78, 5) is 15.0. The highest BCUT2D eigenvalue weighted by molar-refractivity contribution is 5.94. The Morgan fingerprint density at radius 3 is 2.64 bits per heavy atom. The second-order valence-corrected chi connectivity index (χ2v) is 8.23. The maximum Gasteiger partial charge on any atom is 0.253 e. The van der Waals surface area contributed by atoms with Crippen LogP contribution in [0, 0.1) is 13.8 Å². The fourth-order valence-corrected chi connectivity index (χ4v) is 4.35. The van der Waals surface area contributed by atoms with Gasteiger partial charge in [-0.05, 0) is 63.8 Å². The molecule has 148 valence electrons. The Kier molecular flexibility index (Phi) is 5.11. The van der Waals surface area contributed by atoms with Crippen molar-refractivity contribution in [3.63, 3.8) is 0 Å². The summed E-state index contributed by atoms with van der Waals surface area (Å²) in [6.07, 6.45) is 5.06. The molecule has 2 aliphatic rings. The van der Waals surface area contributed by atoms with E-state index in [1.807, 2.05) is 34.7 Å². The molecule has 3 heterocycles. The minimum absolute atomic E-state index is 0.113. The predicted molar refractivity (Wildman–Crippen MR) is 109 cm³/mol. The van der Waals surface area contributed by atoms with Gasteiger partial charge in [-0.2, -0.15) is 5.10 Å². The first-order valence-electron chi connectivity index (χ1n) is 10.2. The highest BCUT2D eigenvalue weighted by Crippen LogP contribution is 2.33. The fourth-order valence-electron chi connectivity index (χ4n) is 4.35. The minimum Gasteiger partial charge on any atom is -0.370 e. The highest BCUT2D eigenvalue weighted by atomic mass is 16.5. The first kappa shape index (κ1) is 18.9. The lowest BCUT2D eigenvalue weighted by atomic mass is 9.87. The fraction of sp³-hybridized carbons (Fsp3) is 0.478. The Hall–Kier alpha value is -2.40. The minimum atomic E-state index is -0.156. The smallest absolute Gasteiger partial charge is 0.253 e. The number of hydrogen-bond donors (Lipinski definition) is 0. The molecule has 5 nitrogen and oxygen atoms in total. The summed E-state index contributed by atoms with van der Waals surface area (Å²) < 4.78 is 8.07. The maximum absolute atomic E-state index is 13.1. The first-order valence-corrected chi connectivity index (χ1v) is 10.2. The number of benzene rings is 1. The van der Waals surface area contributed by atoms with Crippen LogP contribution in [0.25, 0.3) is 0 Å². The lowest BCUT2D eigenvalue weighted by Crippen LogP contribution is -2.48. The number of carbonyl (C=O) groups is 1. The van der Waals surface area contributed by atoms with Gasteiger partial charge in [0, 0.05) is 24.3 Å². The van der Waals surface area contributed by atoms with E-state index in [2.05, 4.69) is 37.2 Å². The van der Waals surface area contributed by atoms with Gasteiger partial charge in [-0.1, -0.05) is 23.8 Å². The summed E-state index contributed by atoms with van der Waals surface area (Å²) in [5.74, 6) is 0.113. The zero-order chi connectivity index (χ0) is 19.7. The summed E-state index contributed by atoms with van der Waals surface area (Å²) in [5, 5.41) is 4.53. The van der Waals surface area contributed by atoms with Gasteiger partial charge in [0.25, 0.3) is 5.91 Å². The molecular weight excluding hydrogens is 350 g/mol. The van der Waals surface area contributed by atoms with E-state index in [9.17, 15) is 4.79 Å². The second-order valence-electron chi connectivity index (χ2n) is 8.23. The van der Waals surface area contributed by atoms with Gasteiger partial charge >= 0.3 is 0 Å². The van der Waals surface area contributed by atoms with E-state index in [0.29, 0.717) is 6.54 Å². The van der Waals surface area contributed by atoms with Crippen LogP contribution in [0.5, 0.6) is 0 Å². The van der Waals surface area contributed by atoms with Gasteiger partial charge in [0.1, 0.15) is 0 Å². The molecule has 1 amide bonds. The van der Waals surface area contributed by atoms with Gasteiger partial charge in [0.15, 0.2) is 0 Å². The molecule has 1 aromatic carbocycles. The number of piperidine rings is 1. The Morgan fingerprint density at radius 2 is 1.96 bits per heavy atom. The molecule has 4 rings (SSSR count). The Morgan fingerprint density at radius 1 is 1.18 bits per heavy atom. The van der Waals surface area contributed by atoms with Crippen molar-refractivity contribution in [2.24, 2.45) is 0 Å². The third-order valence-corrected chi connectivity index (χ3v) is 5.90. The number of rotatable bonds is 3. The van der Waals surface area contributed by atoms with Gasteiger partial charge in [-0.15, -0.1) is 0 Å². The monoisotopic (exact) mass is 379 g/mol. The lowest BCUT2D eigenvalue weighted by Gasteiger charge is -2.42. The Balaban J connectivity index is 1.44. The number of likely N-dealkylation sites (tertiary alicyclic amines) is 1. The van der Waals surface area contributed by atoms with Gasteiger partial charge < -0.3 is 9.64 Å². The van der Waals surface area contributed by atoms with E-state index in [1.165, 1.54) is 5.57 Å². The van der Waals surface area contributed by atoms with Gasteiger partial charge in [-0.3, -0.25) is 9.48 Å². The van der Waals surface area contributed by atoms with E-state index in [1.54, 1.807) is 0 Å². The lowest BCUT2D eigenvalue weighted by molar-refractivity contribution is -0.0522. The van der Waals surface area contributed by atoms with Crippen LogP contribution in [-0.4, -0.2) is 45.9 Å². The van der Waals surface area contributed by atoms with Crippen LogP contribution in [0.1, 0.15) is 53.5 Å². The number of aryl methyl sites for hydroxylation is 2. The zero-order valence-corrected chi connectivity index (χ0v) is 17.1. The van der Waals surface area contributed by atoms with Crippen molar-refractivity contribution in [1.82, 2.24) is 14.7 Å². The zero-order valence-electron chi connectivity index (χ0n) is 17.1. The summed E-state index contributed by atoms with van der Waals surface area (Å²) in [5.41, 5.74) is 5.25. The topological polar surface area (TPSA) is 47.4 Å². The van der Waals surface area contributed by atoms with Gasteiger partial charge in [0.05, 0.1) is 24.4 Å². The number of carbonyl (C=O) groups excluding carboxylic acids is 1. The van der Waals surface area contributed by atoms with E-state index in [-0.39, 0.29) is 11.5 Å². The van der Waals surface area contributed by atoms with E-state index in [0.717, 1.165) is 61.5 Å². The van der Waals surface area contributed by atoms with Crippen LogP contribution < -0.4 is 0 Å². The predicted octanol–water partition coefficient (Wildman–Crippen LogP) is 3.89. The molecule has 2 aromatic rings. The average Bonchev–Trinajstić information content (AvgIpc) is 2.99. The molecule has 1 spiro atoms. The van der Waals surface area contributed by atoms with Crippen LogP contribution in [0.15, 0.2) is 42.0 Å². The number of hydrogen-bond acceptors (Lipinski definition) is 3. The van der Waals surface area contributed by atoms with Crippen molar-refractivity contribution < 1.29 is 9.53 Å². The largest absolute Gasteiger partial charge is 0.370 e. The maximum atomic E-state index is 13.1. The number of ether oxygens (including phenoxy) is 1. The molecule has 5 heteroatoms. The molecule has 2 aliphatic heterocycles. The van der Waals surface area contributed by atoms with E-state index >= 15 is 0 Å². The molecule has 28 heavy (non-hydrogen) atoms. The quantitative estimate of drug-likeness (QED) is 0.760. The Bertz CT molecular complexity index is 904. The van der Waals surface area contributed by atoms with E-state index in [4.69, 9.17) is 4.74 Å². The van der Waals surface area contributed by atoms with Crippen molar-refractivity contribution in [3.05, 3.63) is 64.5 Å². The van der Waals surface area contributed by atoms with Crippen molar-refractivity contribution in [1.29, 1.82) is 0 Å². The van der Waals surface area contributed by atoms with Crippen molar-refractivity contribution in [3.8, 4) is 0 Å². The Labute approximate surface area is 167 Å². The van der Waals surface area contributed by atoms with Crippen LogP contribution in [0.2, 0.25) is 0 Å². The molecule has 0 aliphatic carbocycles. The standard InChI is InChI=1S/C23H29N3O2/c1-17-7-12-28-23(15-17)8-10-25(11-9-23)22(27)21-6-4-5-20(14-21)16-26-19(3)13-18(2)24-26/h4-6,13-15H,7-12,16H2,1-3H3. The molecule has 0 saturated carbocycles. The molecular formula is C23H29N3O2. The molecule has 1 aromatic heterocycles. The molecule has 0 unspecified atom stereocenters. The summed E-state index contributed by atoms with van der Waals surface area (Å²) in [7, 11) is 0. The average molecular weight is 380 g/mol. The third-order valence-electron chi connectivity index (χ3n) is 5.90. The van der Waals surface area contributed by atoms with Crippen LogP contribution in [0.4, 0.5) is 0 Å². The second kappa shape index (κ2) is 7.55. The van der Waals surface area contributed by atoms with Crippen LogP contribution in [0.3, 0.4) is 0 Å². The van der Waals surface area contributed by atoms with Crippen molar-refractivity contribution >= 4 is 5.91 Å². The number of aromatic nitrogens is 2. The summed E-state index contributed by atoms with van der Waals surface area (Å²) >= 11 is 0. The molecule has 1 saturated heterocycles. The molecule has 0 atom stereocenters. The van der Waals surface area contributed by atoms with Crippen LogP contribution in [-0.2, 0) is 11.3 Å². The summed E-state index contributed by atoms with van der Waals surface area (Å²) in [6.45, 7) is 9.19. The number of nitrogens with zero attached hydrogens (tertiary/aromatic N) is 3. The summed E-state index contributed by atoms with van der Waals surface area (Å²) in [6, 6.07) is 10.0. The molecule has 0 radical (unpaired) electrons. The normalized spacial score (nSPS) is 19.0. The molecule has 1 fully saturated rings. The van der Waals surface area contributed by atoms with Crippen molar-refractivity contribution in [2.75, 3.05) is 19.7 Å². The van der Waals surface area contributed by atoms with E-state index < -0.39 is 0 Å². The van der Waals surface area contributed by atoms with Gasteiger partial charge in [0.2, 0.25) is 0 Å². The highest BCUT2D eigenvalue weighted by Gasteiger charge is 2.36. The SMILES string of the molecule is CC1=CC2(CCN(C(=O)c3cccc(Cn4nc(C)cc4C)c3)CC2)OCC1. The van der Waals surface area contributed by atoms with Crippen molar-refractivity contribution in [2.45, 2.75) is 52.2 Å². The van der Waals surface area contributed by atoms with Crippen LogP contribution >= 0.6 is 0 Å². The first-order chi connectivity index (χ1) is 13.4. The number of amides is 1. The third kappa shape index (κ3) is 3.90. The molecule has 0 N–H and O–H groups in total. The van der Waals surface area contributed by atoms with Gasteiger partial charge in [-0.25, -0.2) is 0 Å². The molecule has 0 bridgehead atoms.